The molecule has 3 heteroatoms. The van der Waals surface area contributed by atoms with E-state index in [9.17, 15) is 4.79 Å². The number of carbonyl (C=O) groups is 1. The second-order valence-corrected chi connectivity index (χ2v) is 2.56. The maximum Gasteiger partial charge on any atom is 0.150 e. The minimum Gasteiger partial charge on any atom is -0.394 e. The molecule has 0 fully saturated rings. The molecule has 1 aromatic rings. The van der Waals surface area contributed by atoms with Gasteiger partial charge in [-0.15, -0.1) is 0 Å². The maximum atomic E-state index is 10.0. The van der Waals surface area contributed by atoms with E-state index in [4.69, 9.17) is 10.2 Å². The summed E-state index contributed by atoms with van der Waals surface area (Å²) in [7, 11) is 0. The number of aliphatic hydroxyl groups excluding tert-OH is 2. The van der Waals surface area contributed by atoms with Gasteiger partial charge >= 0.3 is 0 Å². The van der Waals surface area contributed by atoms with Crippen molar-refractivity contribution in [2.45, 2.75) is 13.0 Å². The molecule has 1 unspecified atom stereocenters. The lowest BCUT2D eigenvalue weighted by atomic mass is 10.2. The molecule has 0 amide bonds. The van der Waals surface area contributed by atoms with Crippen LogP contribution in [0.25, 0.3) is 0 Å². The summed E-state index contributed by atoms with van der Waals surface area (Å²) in [5.74, 6) is 0. The van der Waals surface area contributed by atoms with Gasteiger partial charge in [0.05, 0.1) is 12.7 Å². The fourth-order valence-electron chi connectivity index (χ4n) is 0.532. The normalized spacial score (nSPS) is 11.0. The number of aliphatic hydroxyl groups is 2. The third-order valence-electron chi connectivity index (χ3n) is 1.20. The van der Waals surface area contributed by atoms with Crippen LogP contribution in [0.4, 0.5) is 0 Å². The van der Waals surface area contributed by atoms with E-state index in [1.165, 1.54) is 6.92 Å². The first-order valence-electron chi connectivity index (χ1n) is 4.00. The molecule has 0 aliphatic carbocycles. The van der Waals surface area contributed by atoms with Gasteiger partial charge in [-0.05, 0) is 6.92 Å². The molecular weight excluding hydrogens is 168 g/mol. The van der Waals surface area contributed by atoms with Crippen LogP contribution in [0.1, 0.15) is 17.3 Å². The molecule has 0 aliphatic heterocycles. The molecule has 0 aliphatic rings. The van der Waals surface area contributed by atoms with E-state index in [1.807, 2.05) is 18.2 Å². The lowest BCUT2D eigenvalue weighted by Gasteiger charge is -1.90. The minimum absolute atomic E-state index is 0.139. The zero-order chi connectivity index (χ0) is 10.1. The molecule has 0 saturated heterocycles. The van der Waals surface area contributed by atoms with Gasteiger partial charge in [0.2, 0.25) is 0 Å². The predicted molar refractivity (Wildman–Crippen MR) is 50.6 cm³/mol. The van der Waals surface area contributed by atoms with E-state index >= 15 is 0 Å². The molecular formula is C10H14O3. The first-order chi connectivity index (χ1) is 6.20. The van der Waals surface area contributed by atoms with Crippen LogP contribution in [0, 0.1) is 0 Å². The van der Waals surface area contributed by atoms with Gasteiger partial charge in [-0.25, -0.2) is 0 Å². The van der Waals surface area contributed by atoms with E-state index in [-0.39, 0.29) is 6.61 Å². The first kappa shape index (κ1) is 11.8. The Morgan fingerprint density at radius 1 is 1.38 bits per heavy atom. The molecule has 0 saturated carbocycles. The van der Waals surface area contributed by atoms with Crippen molar-refractivity contribution in [3.05, 3.63) is 35.9 Å². The van der Waals surface area contributed by atoms with Crippen LogP contribution in [-0.2, 0) is 0 Å². The van der Waals surface area contributed by atoms with Crippen molar-refractivity contribution >= 4 is 6.29 Å². The second-order valence-electron chi connectivity index (χ2n) is 2.56. The molecule has 0 radical (unpaired) electrons. The molecule has 0 aromatic heterocycles. The Labute approximate surface area is 77.6 Å². The van der Waals surface area contributed by atoms with E-state index in [2.05, 4.69) is 0 Å². The van der Waals surface area contributed by atoms with Gasteiger partial charge in [-0.1, -0.05) is 30.3 Å². The van der Waals surface area contributed by atoms with Crippen LogP contribution >= 0.6 is 0 Å². The number of aldehydes is 1. The van der Waals surface area contributed by atoms with Gasteiger partial charge in [0.25, 0.3) is 0 Å². The summed E-state index contributed by atoms with van der Waals surface area (Å²) in [6.45, 7) is 1.39. The second kappa shape index (κ2) is 7.46. The van der Waals surface area contributed by atoms with Gasteiger partial charge in [-0.2, -0.15) is 0 Å². The minimum atomic E-state index is -0.560. The number of rotatable bonds is 2. The summed E-state index contributed by atoms with van der Waals surface area (Å²) in [5.41, 5.74) is 0.729. The van der Waals surface area contributed by atoms with E-state index < -0.39 is 6.10 Å². The summed E-state index contributed by atoms with van der Waals surface area (Å²) in [6.07, 6.45) is 0.273. The molecule has 1 aromatic carbocycles. The van der Waals surface area contributed by atoms with Crippen LogP contribution in [0.15, 0.2) is 30.3 Å². The van der Waals surface area contributed by atoms with Gasteiger partial charge in [0.1, 0.15) is 6.29 Å². The highest BCUT2D eigenvalue weighted by Gasteiger charge is 1.83. The summed E-state index contributed by atoms with van der Waals surface area (Å²) in [6, 6.07) is 9.10. The summed E-state index contributed by atoms with van der Waals surface area (Å²) in [4.78, 5) is 10.0. The van der Waals surface area contributed by atoms with Gasteiger partial charge < -0.3 is 10.2 Å². The molecule has 3 nitrogen and oxygen atoms in total. The predicted octanol–water partition coefficient (Wildman–Crippen LogP) is 0.859. The number of hydrogen-bond donors (Lipinski definition) is 2. The van der Waals surface area contributed by atoms with Crippen LogP contribution in [0.3, 0.4) is 0 Å². The molecule has 72 valence electrons. The van der Waals surface area contributed by atoms with Gasteiger partial charge in [-0.3, -0.25) is 4.79 Å². The lowest BCUT2D eigenvalue weighted by molar-refractivity contribution is 0.110. The first-order valence-corrected chi connectivity index (χ1v) is 4.00. The van der Waals surface area contributed by atoms with Crippen molar-refractivity contribution in [3.8, 4) is 0 Å². The van der Waals surface area contributed by atoms with Gasteiger partial charge in [0, 0.05) is 5.56 Å². The molecule has 2 N–H and O–H groups in total. The Bertz CT molecular complexity index is 219. The zero-order valence-corrected chi connectivity index (χ0v) is 7.55. The van der Waals surface area contributed by atoms with Crippen molar-refractivity contribution in [3.63, 3.8) is 0 Å². The highest BCUT2D eigenvalue weighted by Crippen LogP contribution is 1.91. The van der Waals surface area contributed by atoms with Crippen molar-refractivity contribution < 1.29 is 15.0 Å². The van der Waals surface area contributed by atoms with Crippen molar-refractivity contribution in [2.24, 2.45) is 0 Å². The average Bonchev–Trinajstić information content (AvgIpc) is 2.20. The molecule has 0 heterocycles. The number of benzene rings is 1. The van der Waals surface area contributed by atoms with E-state index in [1.54, 1.807) is 12.1 Å². The van der Waals surface area contributed by atoms with Crippen molar-refractivity contribution in [1.29, 1.82) is 0 Å². The maximum absolute atomic E-state index is 10.0. The quantitative estimate of drug-likeness (QED) is 0.667. The Kier molecular flexibility index (Phi) is 6.78. The summed E-state index contributed by atoms with van der Waals surface area (Å²) < 4.78 is 0. The van der Waals surface area contributed by atoms with Crippen molar-refractivity contribution in [1.82, 2.24) is 0 Å². The molecule has 13 heavy (non-hydrogen) atoms. The van der Waals surface area contributed by atoms with Gasteiger partial charge in [0.15, 0.2) is 0 Å². The smallest absolute Gasteiger partial charge is 0.150 e. The zero-order valence-electron chi connectivity index (χ0n) is 7.55. The van der Waals surface area contributed by atoms with E-state index in [0.717, 1.165) is 11.8 Å². The Morgan fingerprint density at radius 2 is 1.85 bits per heavy atom. The molecule has 0 bridgehead atoms. The highest BCUT2D eigenvalue weighted by atomic mass is 16.3. The largest absolute Gasteiger partial charge is 0.394 e. The average molecular weight is 182 g/mol. The summed E-state index contributed by atoms with van der Waals surface area (Å²) in [5, 5.41) is 16.0. The Hall–Kier alpha value is -1.19. The van der Waals surface area contributed by atoms with Crippen LogP contribution < -0.4 is 0 Å². The van der Waals surface area contributed by atoms with Crippen molar-refractivity contribution in [2.75, 3.05) is 6.61 Å². The monoisotopic (exact) mass is 182 g/mol. The third kappa shape index (κ3) is 7.18. The molecule has 0 spiro atoms. The van der Waals surface area contributed by atoms with Crippen LogP contribution in [0.5, 0.6) is 0 Å². The Balaban J connectivity index is 0.000000252. The fraction of sp³-hybridized carbons (Fsp3) is 0.300. The molecule has 1 atom stereocenters. The highest BCUT2D eigenvalue weighted by molar-refractivity contribution is 5.74. The molecule has 1 rings (SSSR count). The Morgan fingerprint density at radius 3 is 2.08 bits per heavy atom. The summed E-state index contributed by atoms with van der Waals surface area (Å²) >= 11 is 0. The number of carbonyl (C=O) groups excluding carboxylic acids is 1. The lowest BCUT2D eigenvalue weighted by Crippen LogP contribution is -2.03. The standard InChI is InChI=1S/C7H6O.C3H8O2/c8-6-7-4-2-1-3-5-7;1-3(5)2-4/h1-6H;3-5H,2H2,1H3. The fourth-order valence-corrected chi connectivity index (χ4v) is 0.532. The number of hydrogen-bond acceptors (Lipinski definition) is 3. The SMILES string of the molecule is CC(O)CO.O=Cc1ccccc1. The third-order valence-corrected chi connectivity index (χ3v) is 1.20. The topological polar surface area (TPSA) is 57.5 Å². The van der Waals surface area contributed by atoms with Crippen LogP contribution in [0.2, 0.25) is 0 Å². The van der Waals surface area contributed by atoms with Crippen LogP contribution in [-0.4, -0.2) is 29.2 Å². The van der Waals surface area contributed by atoms with E-state index in [0.29, 0.717) is 0 Å².